The molecule has 20 heavy (non-hydrogen) atoms. The molecule has 0 radical (unpaired) electrons. The molecule has 0 bridgehead atoms. The number of H-pyrrole nitrogens is 1. The van der Waals surface area contributed by atoms with Crippen LogP contribution in [0, 0.1) is 5.92 Å². The predicted molar refractivity (Wildman–Crippen MR) is 81.2 cm³/mol. The summed E-state index contributed by atoms with van der Waals surface area (Å²) >= 11 is 6.20. The summed E-state index contributed by atoms with van der Waals surface area (Å²) in [5.74, 6) is 0.725. The quantitative estimate of drug-likeness (QED) is 0.654. The number of hydrogen-bond acceptors (Lipinski definition) is 2. The van der Waals surface area contributed by atoms with Crippen molar-refractivity contribution in [2.24, 2.45) is 5.92 Å². The summed E-state index contributed by atoms with van der Waals surface area (Å²) in [6.07, 6.45) is 11.5. The first-order valence-corrected chi connectivity index (χ1v) is 7.78. The second kappa shape index (κ2) is 5.96. The fraction of sp³-hybridized carbons (Fsp3) is 0.500. The number of aromatic nitrogens is 2. The number of hydrogen-bond donors (Lipinski definition) is 1. The summed E-state index contributed by atoms with van der Waals surface area (Å²) in [7, 11) is 0. The maximum Gasteiger partial charge on any atom is 0.165 e. The summed E-state index contributed by atoms with van der Waals surface area (Å²) in [6, 6.07) is 1.74. The van der Waals surface area contributed by atoms with E-state index in [1.165, 1.54) is 38.5 Å². The number of nitrogens with one attached hydrogen (secondary N) is 1. The van der Waals surface area contributed by atoms with E-state index in [9.17, 15) is 4.79 Å². The number of rotatable bonds is 3. The van der Waals surface area contributed by atoms with Gasteiger partial charge < -0.3 is 4.98 Å². The lowest BCUT2D eigenvalue weighted by Gasteiger charge is -2.12. The molecule has 1 N–H and O–H groups in total. The van der Waals surface area contributed by atoms with E-state index >= 15 is 0 Å². The predicted octanol–water partition coefficient (Wildman–Crippen LogP) is 4.76. The lowest BCUT2D eigenvalue weighted by atomic mass is 9.92. The van der Waals surface area contributed by atoms with E-state index in [2.05, 4.69) is 9.97 Å². The fourth-order valence-electron chi connectivity index (χ4n) is 3.18. The van der Waals surface area contributed by atoms with Gasteiger partial charge in [0.1, 0.15) is 5.65 Å². The number of pyridine rings is 1. The van der Waals surface area contributed by atoms with Gasteiger partial charge in [0.15, 0.2) is 5.78 Å². The first-order chi connectivity index (χ1) is 9.75. The Morgan fingerprint density at radius 1 is 1.30 bits per heavy atom. The van der Waals surface area contributed by atoms with Gasteiger partial charge in [-0.25, -0.2) is 4.98 Å². The number of fused-ring (bicyclic) bond motifs is 1. The lowest BCUT2D eigenvalue weighted by Crippen LogP contribution is -2.08. The number of carbonyl (C=O) groups is 1. The minimum absolute atomic E-state index is 0.193. The van der Waals surface area contributed by atoms with Gasteiger partial charge in [0.2, 0.25) is 0 Å². The molecule has 3 nitrogen and oxygen atoms in total. The molecule has 1 aliphatic rings. The molecule has 1 fully saturated rings. The SMILES string of the molecule is O=C(CC1CCCCCC1)c1c[nH]c2nccc(Cl)c12. The van der Waals surface area contributed by atoms with E-state index in [1.54, 1.807) is 18.5 Å². The molecule has 106 valence electrons. The topological polar surface area (TPSA) is 45.8 Å². The molecular weight excluding hydrogens is 272 g/mol. The molecule has 2 aromatic heterocycles. The van der Waals surface area contributed by atoms with Gasteiger partial charge in [-0.3, -0.25) is 4.79 Å². The van der Waals surface area contributed by atoms with Crippen LogP contribution in [0.5, 0.6) is 0 Å². The first kappa shape index (κ1) is 13.6. The highest BCUT2D eigenvalue weighted by atomic mass is 35.5. The van der Waals surface area contributed by atoms with Crippen molar-refractivity contribution in [3.05, 3.63) is 29.0 Å². The van der Waals surface area contributed by atoms with Gasteiger partial charge in [-0.2, -0.15) is 0 Å². The standard InChI is InChI=1S/C16H19ClN2O/c17-13-7-8-18-16-15(13)12(10-19-16)14(20)9-11-5-3-1-2-4-6-11/h7-8,10-11H,1-6,9H2,(H,18,19). The summed E-state index contributed by atoms with van der Waals surface area (Å²) in [4.78, 5) is 19.8. The zero-order valence-corrected chi connectivity index (χ0v) is 12.2. The number of aromatic amines is 1. The lowest BCUT2D eigenvalue weighted by molar-refractivity contribution is 0.0958. The molecule has 0 saturated heterocycles. The molecule has 0 unspecified atom stereocenters. The average molecular weight is 291 g/mol. The molecule has 0 amide bonds. The van der Waals surface area contributed by atoms with Crippen LogP contribution in [0.25, 0.3) is 11.0 Å². The van der Waals surface area contributed by atoms with E-state index in [0.29, 0.717) is 28.6 Å². The summed E-state index contributed by atoms with van der Waals surface area (Å²) in [5, 5.41) is 1.37. The van der Waals surface area contributed by atoms with Crippen molar-refractivity contribution in [1.29, 1.82) is 0 Å². The maximum absolute atomic E-state index is 12.5. The Labute approximate surface area is 123 Å². The molecule has 3 rings (SSSR count). The molecule has 1 aliphatic carbocycles. The Balaban J connectivity index is 1.81. The second-order valence-corrected chi connectivity index (χ2v) is 6.11. The number of halogens is 1. The minimum Gasteiger partial charge on any atom is -0.345 e. The van der Waals surface area contributed by atoms with Gasteiger partial charge >= 0.3 is 0 Å². The number of ketones is 1. The molecule has 2 heterocycles. The van der Waals surface area contributed by atoms with Crippen LogP contribution < -0.4 is 0 Å². The minimum atomic E-state index is 0.193. The fourth-order valence-corrected chi connectivity index (χ4v) is 3.42. The van der Waals surface area contributed by atoms with E-state index in [4.69, 9.17) is 11.6 Å². The van der Waals surface area contributed by atoms with Crippen LogP contribution >= 0.6 is 11.6 Å². The maximum atomic E-state index is 12.5. The van der Waals surface area contributed by atoms with Gasteiger partial charge in [0.05, 0.1) is 5.02 Å². The summed E-state index contributed by atoms with van der Waals surface area (Å²) in [5.41, 5.74) is 1.39. The van der Waals surface area contributed by atoms with Crippen LogP contribution in [0.2, 0.25) is 5.02 Å². The van der Waals surface area contributed by atoms with E-state index in [0.717, 1.165) is 5.39 Å². The van der Waals surface area contributed by atoms with Crippen molar-refractivity contribution in [3.8, 4) is 0 Å². The van der Waals surface area contributed by atoms with Crippen LogP contribution in [0.15, 0.2) is 18.5 Å². The normalized spacial score (nSPS) is 17.2. The number of carbonyl (C=O) groups excluding carboxylic acids is 1. The van der Waals surface area contributed by atoms with Gasteiger partial charge in [-0.1, -0.05) is 50.1 Å². The van der Waals surface area contributed by atoms with Gasteiger partial charge in [-0.05, 0) is 12.0 Å². The Hall–Kier alpha value is -1.35. The van der Waals surface area contributed by atoms with Crippen molar-refractivity contribution in [2.45, 2.75) is 44.9 Å². The average Bonchev–Trinajstić information content (AvgIpc) is 2.72. The Morgan fingerprint density at radius 2 is 2.05 bits per heavy atom. The molecule has 0 spiro atoms. The summed E-state index contributed by atoms with van der Waals surface area (Å²) < 4.78 is 0. The van der Waals surface area contributed by atoms with E-state index in [1.807, 2.05) is 0 Å². The molecule has 0 atom stereocenters. The zero-order chi connectivity index (χ0) is 13.9. The summed E-state index contributed by atoms with van der Waals surface area (Å²) in [6.45, 7) is 0. The van der Waals surface area contributed by atoms with Crippen LogP contribution in [0.3, 0.4) is 0 Å². The van der Waals surface area contributed by atoms with Crippen LogP contribution in [0.1, 0.15) is 55.3 Å². The van der Waals surface area contributed by atoms with Gasteiger partial charge in [0, 0.05) is 29.8 Å². The van der Waals surface area contributed by atoms with Crippen LogP contribution in [-0.2, 0) is 0 Å². The third kappa shape index (κ3) is 2.73. The third-order valence-electron chi connectivity index (χ3n) is 4.27. The third-order valence-corrected chi connectivity index (χ3v) is 4.59. The van der Waals surface area contributed by atoms with Crippen molar-refractivity contribution in [1.82, 2.24) is 9.97 Å². The molecule has 1 saturated carbocycles. The highest BCUT2D eigenvalue weighted by molar-refractivity contribution is 6.36. The Morgan fingerprint density at radius 3 is 2.80 bits per heavy atom. The monoisotopic (exact) mass is 290 g/mol. The molecular formula is C16H19ClN2O. The van der Waals surface area contributed by atoms with Crippen LogP contribution in [-0.4, -0.2) is 15.8 Å². The highest BCUT2D eigenvalue weighted by Gasteiger charge is 2.20. The van der Waals surface area contributed by atoms with Crippen molar-refractivity contribution >= 4 is 28.4 Å². The highest BCUT2D eigenvalue weighted by Crippen LogP contribution is 2.30. The largest absolute Gasteiger partial charge is 0.345 e. The van der Waals surface area contributed by atoms with E-state index < -0.39 is 0 Å². The first-order valence-electron chi connectivity index (χ1n) is 7.40. The zero-order valence-electron chi connectivity index (χ0n) is 11.5. The van der Waals surface area contributed by atoms with Crippen molar-refractivity contribution < 1.29 is 4.79 Å². The van der Waals surface area contributed by atoms with Crippen molar-refractivity contribution in [2.75, 3.05) is 0 Å². The van der Waals surface area contributed by atoms with E-state index in [-0.39, 0.29) is 5.78 Å². The number of nitrogens with zero attached hydrogens (tertiary/aromatic N) is 1. The molecule has 0 aliphatic heterocycles. The van der Waals surface area contributed by atoms with Gasteiger partial charge in [0.25, 0.3) is 0 Å². The molecule has 0 aromatic carbocycles. The number of Topliss-reactive ketones (excluding diaryl/α,β-unsaturated/α-hetero) is 1. The smallest absolute Gasteiger partial charge is 0.165 e. The van der Waals surface area contributed by atoms with Gasteiger partial charge in [-0.15, -0.1) is 0 Å². The Bertz CT molecular complexity index is 612. The van der Waals surface area contributed by atoms with Crippen LogP contribution in [0.4, 0.5) is 0 Å². The Kier molecular flexibility index (Phi) is 4.06. The second-order valence-electron chi connectivity index (χ2n) is 5.70. The molecule has 4 heteroatoms. The molecule has 2 aromatic rings. The van der Waals surface area contributed by atoms with Crippen molar-refractivity contribution in [3.63, 3.8) is 0 Å².